The summed E-state index contributed by atoms with van der Waals surface area (Å²) in [4.78, 5) is 15.3. The summed E-state index contributed by atoms with van der Waals surface area (Å²) in [6.07, 6.45) is 6.40. The molecule has 0 saturated heterocycles. The van der Waals surface area contributed by atoms with Crippen LogP contribution in [-0.4, -0.2) is 38.9 Å². The number of carbonyl (C=O) groups excluding carboxylic acids is 1. The first-order valence-corrected chi connectivity index (χ1v) is 8.26. The van der Waals surface area contributed by atoms with Gasteiger partial charge < -0.3 is 4.90 Å². The minimum Gasteiger partial charge on any atom is -0.334 e. The number of hydrogen-bond donors (Lipinski definition) is 0. The zero-order valence-corrected chi connectivity index (χ0v) is 12.8. The van der Waals surface area contributed by atoms with E-state index in [1.165, 1.54) is 24.4 Å². The zero-order chi connectivity index (χ0) is 13.7. The largest absolute Gasteiger partial charge is 0.334 e. The summed E-state index contributed by atoms with van der Waals surface area (Å²) in [6.45, 7) is 2.70. The normalized spacial score (nSPS) is 15.9. The second-order valence-corrected chi connectivity index (χ2v) is 6.06. The van der Waals surface area contributed by atoms with Crippen LogP contribution in [0.2, 0.25) is 0 Å². The summed E-state index contributed by atoms with van der Waals surface area (Å²) in [5.41, 5.74) is 0.843. The minimum atomic E-state index is 0.0750. The predicted octanol–water partition coefficient (Wildman–Crippen LogP) is 3.11. The quantitative estimate of drug-likeness (QED) is 0.758. The van der Waals surface area contributed by atoms with Gasteiger partial charge in [0.2, 0.25) is 0 Å². The van der Waals surface area contributed by atoms with Gasteiger partial charge in [-0.05, 0) is 30.8 Å². The topological polar surface area (TPSA) is 46.1 Å². The lowest BCUT2D eigenvalue weighted by Crippen LogP contribution is -2.40. The molecule has 1 aromatic rings. The molecule has 1 aromatic heterocycles. The molecule has 0 radical (unpaired) electrons. The van der Waals surface area contributed by atoms with Gasteiger partial charge in [0.05, 0.1) is 5.69 Å². The molecule has 1 fully saturated rings. The third-order valence-electron chi connectivity index (χ3n) is 3.59. The summed E-state index contributed by atoms with van der Waals surface area (Å²) < 4.78 is 3.94. The first-order valence-electron chi connectivity index (χ1n) is 6.96. The summed E-state index contributed by atoms with van der Waals surface area (Å²) in [5, 5.41) is 4.08. The Labute approximate surface area is 123 Å². The SMILES string of the molecule is CCCc1nnsc1C(=O)N(CCCl)C1CCCC1. The monoisotopic (exact) mass is 301 g/mol. The van der Waals surface area contributed by atoms with Crippen molar-refractivity contribution in [3.8, 4) is 0 Å². The van der Waals surface area contributed by atoms with Gasteiger partial charge in [-0.1, -0.05) is 30.7 Å². The molecule has 1 aliphatic carbocycles. The molecule has 4 nitrogen and oxygen atoms in total. The van der Waals surface area contributed by atoms with Gasteiger partial charge in [-0.25, -0.2) is 0 Å². The van der Waals surface area contributed by atoms with Crippen LogP contribution >= 0.6 is 23.1 Å². The number of hydrogen-bond acceptors (Lipinski definition) is 4. The number of carbonyl (C=O) groups is 1. The Balaban J connectivity index is 2.15. The molecule has 106 valence electrons. The van der Waals surface area contributed by atoms with Crippen LogP contribution in [0.25, 0.3) is 0 Å². The van der Waals surface area contributed by atoms with Crippen LogP contribution in [0, 0.1) is 0 Å². The van der Waals surface area contributed by atoms with E-state index in [-0.39, 0.29) is 5.91 Å². The molecule has 1 aliphatic rings. The fraction of sp³-hybridized carbons (Fsp3) is 0.769. The molecule has 0 N–H and O–H groups in total. The van der Waals surface area contributed by atoms with E-state index in [1.807, 2.05) is 4.90 Å². The highest BCUT2D eigenvalue weighted by Crippen LogP contribution is 2.26. The van der Waals surface area contributed by atoms with Crippen LogP contribution in [0.1, 0.15) is 54.4 Å². The number of nitrogens with zero attached hydrogens (tertiary/aromatic N) is 3. The van der Waals surface area contributed by atoms with Gasteiger partial charge >= 0.3 is 0 Å². The number of rotatable bonds is 6. The number of aromatic nitrogens is 2. The summed E-state index contributed by atoms with van der Waals surface area (Å²) in [5.74, 6) is 0.559. The Morgan fingerprint density at radius 1 is 1.47 bits per heavy atom. The molecule has 0 atom stereocenters. The Bertz CT molecular complexity index is 418. The summed E-state index contributed by atoms with van der Waals surface area (Å²) in [7, 11) is 0. The second kappa shape index (κ2) is 7.20. The Hall–Kier alpha value is -0.680. The number of halogens is 1. The highest BCUT2D eigenvalue weighted by molar-refractivity contribution is 7.08. The molecule has 2 rings (SSSR count). The van der Waals surface area contributed by atoms with E-state index in [4.69, 9.17) is 11.6 Å². The summed E-state index contributed by atoms with van der Waals surface area (Å²) >= 11 is 7.07. The second-order valence-electron chi connectivity index (χ2n) is 4.92. The molecule has 1 heterocycles. The third kappa shape index (κ3) is 3.45. The van der Waals surface area contributed by atoms with E-state index in [0.29, 0.717) is 23.3 Å². The van der Waals surface area contributed by atoms with Crippen LogP contribution in [0.4, 0.5) is 0 Å². The molecular formula is C13H20ClN3OS. The highest BCUT2D eigenvalue weighted by Gasteiger charge is 2.29. The molecule has 6 heteroatoms. The van der Waals surface area contributed by atoms with Crippen molar-refractivity contribution in [3.63, 3.8) is 0 Å². The van der Waals surface area contributed by atoms with Crippen molar-refractivity contribution >= 4 is 29.0 Å². The minimum absolute atomic E-state index is 0.0750. The van der Waals surface area contributed by atoms with Crippen molar-refractivity contribution in [2.24, 2.45) is 0 Å². The van der Waals surface area contributed by atoms with Gasteiger partial charge in [-0.15, -0.1) is 16.7 Å². The number of alkyl halides is 1. The van der Waals surface area contributed by atoms with Crippen molar-refractivity contribution < 1.29 is 4.79 Å². The van der Waals surface area contributed by atoms with Crippen molar-refractivity contribution in [1.82, 2.24) is 14.5 Å². The standard InChI is InChI=1S/C13H20ClN3OS/c1-2-5-11-12(19-16-15-11)13(18)17(9-8-14)10-6-3-4-7-10/h10H,2-9H2,1H3. The van der Waals surface area contributed by atoms with Crippen LogP contribution in [0.5, 0.6) is 0 Å². The molecular weight excluding hydrogens is 282 g/mol. The van der Waals surface area contributed by atoms with E-state index in [1.54, 1.807) is 0 Å². The number of aryl methyl sites for hydroxylation is 1. The average Bonchev–Trinajstić information content (AvgIpc) is 3.06. The van der Waals surface area contributed by atoms with Crippen molar-refractivity contribution in [1.29, 1.82) is 0 Å². The van der Waals surface area contributed by atoms with Crippen LogP contribution in [0.3, 0.4) is 0 Å². The maximum atomic E-state index is 12.7. The van der Waals surface area contributed by atoms with E-state index < -0.39 is 0 Å². The van der Waals surface area contributed by atoms with E-state index in [9.17, 15) is 4.79 Å². The fourth-order valence-corrected chi connectivity index (χ4v) is 3.51. The maximum absolute atomic E-state index is 12.7. The van der Waals surface area contributed by atoms with Crippen molar-refractivity contribution in [3.05, 3.63) is 10.6 Å². The Kier molecular flexibility index (Phi) is 5.58. The average molecular weight is 302 g/mol. The lowest BCUT2D eigenvalue weighted by Gasteiger charge is -2.27. The lowest BCUT2D eigenvalue weighted by molar-refractivity contribution is 0.0698. The van der Waals surface area contributed by atoms with Gasteiger partial charge in [0.1, 0.15) is 4.88 Å². The van der Waals surface area contributed by atoms with Crippen LogP contribution in [0.15, 0.2) is 0 Å². The van der Waals surface area contributed by atoms with Gasteiger partial charge in [0.25, 0.3) is 5.91 Å². The van der Waals surface area contributed by atoms with Gasteiger partial charge in [0.15, 0.2) is 0 Å². The first-order chi connectivity index (χ1) is 9.27. The first kappa shape index (κ1) is 14.7. The molecule has 1 saturated carbocycles. The fourth-order valence-electron chi connectivity index (χ4n) is 2.66. The molecule has 0 spiro atoms. The van der Waals surface area contributed by atoms with Gasteiger partial charge in [0, 0.05) is 18.5 Å². The van der Waals surface area contributed by atoms with Crippen molar-refractivity contribution in [2.45, 2.75) is 51.5 Å². The van der Waals surface area contributed by atoms with Crippen molar-refractivity contribution in [2.75, 3.05) is 12.4 Å². The smallest absolute Gasteiger partial charge is 0.267 e. The van der Waals surface area contributed by atoms with Crippen LogP contribution < -0.4 is 0 Å². The predicted molar refractivity (Wildman–Crippen MR) is 77.9 cm³/mol. The molecule has 0 bridgehead atoms. The van der Waals surface area contributed by atoms with E-state index in [2.05, 4.69) is 16.5 Å². The molecule has 0 aromatic carbocycles. The van der Waals surface area contributed by atoms with E-state index in [0.717, 1.165) is 31.4 Å². The molecule has 0 unspecified atom stereocenters. The maximum Gasteiger partial charge on any atom is 0.267 e. The Morgan fingerprint density at radius 3 is 2.84 bits per heavy atom. The molecule has 1 amide bonds. The highest BCUT2D eigenvalue weighted by atomic mass is 35.5. The molecule has 0 aliphatic heterocycles. The van der Waals surface area contributed by atoms with Gasteiger partial charge in [-0.2, -0.15) is 0 Å². The van der Waals surface area contributed by atoms with Crippen LogP contribution in [-0.2, 0) is 6.42 Å². The van der Waals surface area contributed by atoms with E-state index >= 15 is 0 Å². The van der Waals surface area contributed by atoms with Gasteiger partial charge in [-0.3, -0.25) is 4.79 Å². The third-order valence-corrected chi connectivity index (χ3v) is 4.51. The lowest BCUT2D eigenvalue weighted by atomic mass is 10.1. The Morgan fingerprint density at radius 2 is 2.21 bits per heavy atom. The zero-order valence-electron chi connectivity index (χ0n) is 11.3. The summed E-state index contributed by atoms with van der Waals surface area (Å²) in [6, 6.07) is 0.350. The number of amides is 1. The molecule has 19 heavy (non-hydrogen) atoms.